The topological polar surface area (TPSA) is 66.8 Å². The van der Waals surface area contributed by atoms with Gasteiger partial charge in [-0.25, -0.2) is 0 Å². The zero-order valence-electron chi connectivity index (χ0n) is 7.76. The second-order valence-corrected chi connectivity index (χ2v) is 3.87. The van der Waals surface area contributed by atoms with Crippen LogP contribution in [0, 0.1) is 11.8 Å². The van der Waals surface area contributed by atoms with Crippen LogP contribution in [-0.4, -0.2) is 55.3 Å². The monoisotopic (exact) mass is 197 g/mol. The van der Waals surface area contributed by atoms with Crippen LogP contribution in [0.25, 0.3) is 0 Å². The fraction of sp³-hybridized carbons (Fsp3) is 0.750. The summed E-state index contributed by atoms with van der Waals surface area (Å²) < 4.78 is 5.24. The highest BCUT2D eigenvalue weighted by Crippen LogP contribution is 2.34. The van der Waals surface area contributed by atoms with Gasteiger partial charge < -0.3 is 19.4 Å². The number of nitrogens with zero attached hydrogens (tertiary/aromatic N) is 1. The van der Waals surface area contributed by atoms with E-state index < -0.39 is 12.0 Å². The van der Waals surface area contributed by atoms with Crippen LogP contribution in [0.3, 0.4) is 0 Å². The number of rotatable bonds is 3. The van der Waals surface area contributed by atoms with Crippen molar-refractivity contribution in [1.82, 2.24) is 4.81 Å². The Hall–Kier alpha value is -0.875. The van der Waals surface area contributed by atoms with E-state index in [4.69, 9.17) is 9.84 Å². The first-order chi connectivity index (χ1) is 6.74. The van der Waals surface area contributed by atoms with Gasteiger partial charge in [-0.05, 0) is 6.54 Å². The van der Waals surface area contributed by atoms with Crippen molar-refractivity contribution in [3.05, 3.63) is 0 Å². The summed E-state index contributed by atoms with van der Waals surface area (Å²) >= 11 is 0. The van der Waals surface area contributed by atoms with Crippen molar-refractivity contribution in [3.8, 4) is 0 Å². The van der Waals surface area contributed by atoms with Crippen molar-refractivity contribution in [2.24, 2.45) is 11.8 Å². The molecule has 0 aromatic heterocycles. The average molecular weight is 197 g/mol. The smallest absolute Gasteiger partial charge is 0.320 e. The summed E-state index contributed by atoms with van der Waals surface area (Å²) in [6.07, 6.45) is 0.762. The first kappa shape index (κ1) is 9.67. The predicted molar refractivity (Wildman–Crippen MR) is 49.8 cm³/mol. The van der Waals surface area contributed by atoms with Crippen LogP contribution in [0.4, 0.5) is 0 Å². The maximum Gasteiger partial charge on any atom is 0.320 e. The fourth-order valence-electron chi connectivity index (χ4n) is 2.46. The molecule has 76 valence electrons. The molecular formula is C8H12BNO4. The van der Waals surface area contributed by atoms with Gasteiger partial charge >= 0.3 is 5.97 Å². The molecular weight excluding hydrogens is 185 g/mol. The number of fused-ring (bicyclic) bond motifs is 1. The Bertz CT molecular complexity index is 260. The van der Waals surface area contributed by atoms with E-state index in [0.717, 1.165) is 6.19 Å². The van der Waals surface area contributed by atoms with Gasteiger partial charge in [-0.1, -0.05) is 0 Å². The first-order valence-electron chi connectivity index (χ1n) is 4.72. The normalized spacial score (nSPS) is 36.7. The maximum absolute atomic E-state index is 11.0. The van der Waals surface area contributed by atoms with Crippen LogP contribution in [0.15, 0.2) is 0 Å². The van der Waals surface area contributed by atoms with Crippen LogP contribution in [-0.2, 0) is 14.3 Å². The zero-order valence-corrected chi connectivity index (χ0v) is 7.76. The Labute approximate surface area is 82.3 Å². The van der Waals surface area contributed by atoms with E-state index >= 15 is 0 Å². The predicted octanol–water partition coefficient (Wildman–Crippen LogP) is -1.44. The zero-order chi connectivity index (χ0) is 10.1. The molecule has 6 heteroatoms. The second kappa shape index (κ2) is 3.71. The number of hydrogen-bond acceptors (Lipinski definition) is 4. The standard InChI is InChI=1S/C8H12BNO4/c11-4-9-10-1-5-2-14-3-6(5)7(10)8(12)13/h4-7,9H,1-3H2,(H,12,13)/t5-,6+,7+/m1/s1. The van der Waals surface area contributed by atoms with Gasteiger partial charge in [-0.2, -0.15) is 0 Å². The highest BCUT2D eigenvalue weighted by atomic mass is 16.5. The van der Waals surface area contributed by atoms with Crippen molar-refractivity contribution < 1.29 is 19.4 Å². The molecule has 0 bridgehead atoms. The van der Waals surface area contributed by atoms with E-state index in [9.17, 15) is 9.59 Å². The number of hydrogen-bond donors (Lipinski definition) is 1. The maximum atomic E-state index is 11.0. The second-order valence-electron chi connectivity index (χ2n) is 3.87. The Kier molecular flexibility index (Phi) is 2.56. The highest BCUT2D eigenvalue weighted by molar-refractivity contribution is 6.64. The quantitative estimate of drug-likeness (QED) is 0.443. The van der Waals surface area contributed by atoms with Crippen molar-refractivity contribution in [1.29, 1.82) is 0 Å². The molecule has 5 nitrogen and oxygen atoms in total. The lowest BCUT2D eigenvalue weighted by Crippen LogP contribution is -2.43. The molecule has 2 saturated heterocycles. The lowest BCUT2D eigenvalue weighted by Gasteiger charge is -2.21. The molecule has 0 aliphatic carbocycles. The van der Waals surface area contributed by atoms with Crippen LogP contribution in [0.5, 0.6) is 0 Å². The summed E-state index contributed by atoms with van der Waals surface area (Å²) in [6, 6.07) is -0.535. The number of carboxylic acid groups (broad SMARTS) is 1. The first-order valence-corrected chi connectivity index (χ1v) is 4.72. The summed E-state index contributed by atoms with van der Waals surface area (Å²) in [5, 5.41) is 9.04. The molecule has 1 N–H and O–H groups in total. The number of carbonyl (C=O) groups is 2. The van der Waals surface area contributed by atoms with Crippen LogP contribution in [0.1, 0.15) is 0 Å². The molecule has 0 saturated carbocycles. The van der Waals surface area contributed by atoms with Crippen LogP contribution in [0.2, 0.25) is 0 Å². The number of aliphatic carboxylic acids is 1. The molecule has 2 rings (SSSR count). The van der Waals surface area contributed by atoms with Gasteiger partial charge in [0.15, 0.2) is 0 Å². The Morgan fingerprint density at radius 2 is 2.36 bits per heavy atom. The molecule has 2 aliphatic rings. The van der Waals surface area contributed by atoms with E-state index in [0.29, 0.717) is 19.8 Å². The van der Waals surface area contributed by atoms with E-state index in [2.05, 4.69) is 0 Å². The lowest BCUT2D eigenvalue weighted by atomic mass is 9.90. The van der Waals surface area contributed by atoms with E-state index in [-0.39, 0.29) is 19.3 Å². The molecule has 0 aromatic rings. The summed E-state index contributed by atoms with van der Waals surface area (Å²) in [5.74, 6) is -0.492. The van der Waals surface area contributed by atoms with Gasteiger partial charge in [0, 0.05) is 11.8 Å². The molecule has 0 aromatic carbocycles. The molecule has 3 atom stereocenters. The van der Waals surface area contributed by atoms with Gasteiger partial charge in [-0.3, -0.25) is 4.79 Å². The molecule has 0 amide bonds. The highest BCUT2D eigenvalue weighted by Gasteiger charge is 2.48. The van der Waals surface area contributed by atoms with Gasteiger partial charge in [0.2, 0.25) is 0 Å². The molecule has 0 radical (unpaired) electrons. The van der Waals surface area contributed by atoms with Crippen molar-refractivity contribution >= 4 is 19.6 Å². The number of carbonyl (C=O) groups excluding carboxylic acids is 1. The van der Waals surface area contributed by atoms with E-state index in [1.54, 1.807) is 4.81 Å². The molecule has 2 heterocycles. The van der Waals surface area contributed by atoms with Gasteiger partial charge in [0.1, 0.15) is 6.04 Å². The van der Waals surface area contributed by atoms with Crippen LogP contribution >= 0.6 is 0 Å². The largest absolute Gasteiger partial charge is 0.480 e. The fourth-order valence-corrected chi connectivity index (χ4v) is 2.46. The lowest BCUT2D eigenvalue weighted by molar-refractivity contribution is -0.142. The molecule has 2 fully saturated rings. The van der Waals surface area contributed by atoms with E-state index in [1.165, 1.54) is 0 Å². The summed E-state index contributed by atoms with van der Waals surface area (Å²) in [7, 11) is 0.212. The van der Waals surface area contributed by atoms with E-state index in [1.807, 2.05) is 0 Å². The third kappa shape index (κ3) is 1.44. The molecule has 2 aliphatic heterocycles. The van der Waals surface area contributed by atoms with Gasteiger partial charge in [0.25, 0.3) is 7.41 Å². The summed E-state index contributed by atoms with van der Waals surface area (Å²) in [6.45, 7) is 1.81. The average Bonchev–Trinajstić information content (AvgIpc) is 2.62. The third-order valence-corrected chi connectivity index (χ3v) is 3.08. The van der Waals surface area contributed by atoms with Gasteiger partial charge in [-0.15, -0.1) is 0 Å². The minimum atomic E-state index is -0.843. The van der Waals surface area contributed by atoms with Crippen LogP contribution < -0.4 is 0 Å². The Morgan fingerprint density at radius 1 is 1.57 bits per heavy atom. The van der Waals surface area contributed by atoms with Gasteiger partial charge in [0.05, 0.1) is 19.4 Å². The minimum Gasteiger partial charge on any atom is -0.480 e. The molecule has 0 unspecified atom stereocenters. The summed E-state index contributed by atoms with van der Waals surface area (Å²) in [5.41, 5.74) is 0. The Morgan fingerprint density at radius 3 is 3.00 bits per heavy atom. The number of carboxylic acids is 1. The van der Waals surface area contributed by atoms with Crippen molar-refractivity contribution in [3.63, 3.8) is 0 Å². The Balaban J connectivity index is 2.13. The minimum absolute atomic E-state index is 0.0625. The SMILES string of the molecule is O=CBN1C[C@@H]2COC[C@@H]2[C@H]1C(=O)O. The molecule has 14 heavy (non-hydrogen) atoms. The molecule has 0 spiro atoms. The van der Waals surface area contributed by atoms with Crippen molar-refractivity contribution in [2.75, 3.05) is 19.8 Å². The number of ether oxygens (including phenoxy) is 1. The summed E-state index contributed by atoms with van der Waals surface area (Å²) in [4.78, 5) is 23.1. The third-order valence-electron chi connectivity index (χ3n) is 3.08. The van der Waals surface area contributed by atoms with Crippen molar-refractivity contribution in [2.45, 2.75) is 6.04 Å².